The number of hydrogen-bond acceptors (Lipinski definition) is 3. The van der Waals surface area contributed by atoms with Crippen molar-refractivity contribution in [3.8, 4) is 5.75 Å². The lowest BCUT2D eigenvalue weighted by Gasteiger charge is -2.16. The number of carboxylic acid groups (broad SMARTS) is 1. The van der Waals surface area contributed by atoms with Gasteiger partial charge in [0.2, 0.25) is 5.91 Å². The molecule has 0 fully saturated rings. The SMILES string of the molecule is COc1ccc(CCC(=O)N(C)CCC(=O)O)cc1F. The molecular formula is C14H18FNO4. The van der Waals surface area contributed by atoms with E-state index in [0.717, 1.165) is 0 Å². The van der Waals surface area contributed by atoms with Crippen LogP contribution in [-0.2, 0) is 16.0 Å². The van der Waals surface area contributed by atoms with Gasteiger partial charge in [0, 0.05) is 20.0 Å². The highest BCUT2D eigenvalue weighted by molar-refractivity contribution is 5.77. The van der Waals surface area contributed by atoms with Gasteiger partial charge in [-0.15, -0.1) is 0 Å². The van der Waals surface area contributed by atoms with Gasteiger partial charge in [-0.25, -0.2) is 4.39 Å². The lowest BCUT2D eigenvalue weighted by atomic mass is 10.1. The zero-order valence-electron chi connectivity index (χ0n) is 11.6. The van der Waals surface area contributed by atoms with Crippen LogP contribution in [0, 0.1) is 5.82 Å². The Morgan fingerprint density at radius 1 is 1.35 bits per heavy atom. The first-order valence-corrected chi connectivity index (χ1v) is 6.22. The minimum absolute atomic E-state index is 0.0839. The van der Waals surface area contributed by atoms with Crippen LogP contribution in [0.4, 0.5) is 4.39 Å². The maximum absolute atomic E-state index is 13.5. The van der Waals surface area contributed by atoms with Gasteiger partial charge in [-0.05, 0) is 24.1 Å². The first-order valence-electron chi connectivity index (χ1n) is 6.22. The molecular weight excluding hydrogens is 265 g/mol. The number of hydrogen-bond donors (Lipinski definition) is 1. The smallest absolute Gasteiger partial charge is 0.305 e. The Bertz CT molecular complexity index is 490. The second kappa shape index (κ2) is 7.47. The van der Waals surface area contributed by atoms with Gasteiger partial charge in [-0.2, -0.15) is 0 Å². The maximum atomic E-state index is 13.5. The summed E-state index contributed by atoms with van der Waals surface area (Å²) in [6.07, 6.45) is 0.526. The van der Waals surface area contributed by atoms with Crippen LogP contribution in [0.3, 0.4) is 0 Å². The molecule has 0 saturated carbocycles. The molecule has 1 rings (SSSR count). The van der Waals surface area contributed by atoms with Crippen LogP contribution in [0.5, 0.6) is 5.75 Å². The average Bonchev–Trinajstić information content (AvgIpc) is 2.42. The molecule has 0 atom stereocenters. The van der Waals surface area contributed by atoms with Crippen molar-refractivity contribution in [2.45, 2.75) is 19.3 Å². The van der Waals surface area contributed by atoms with Crippen molar-refractivity contribution in [2.24, 2.45) is 0 Å². The number of amides is 1. The topological polar surface area (TPSA) is 66.8 Å². The zero-order chi connectivity index (χ0) is 15.1. The van der Waals surface area contributed by atoms with Gasteiger partial charge < -0.3 is 14.7 Å². The molecule has 0 bridgehead atoms. The summed E-state index contributed by atoms with van der Waals surface area (Å²) in [5, 5.41) is 8.54. The van der Waals surface area contributed by atoms with E-state index in [1.807, 2.05) is 0 Å². The highest BCUT2D eigenvalue weighted by Crippen LogP contribution is 2.18. The summed E-state index contributed by atoms with van der Waals surface area (Å²) in [5.41, 5.74) is 0.697. The molecule has 6 heteroatoms. The first-order chi connectivity index (χ1) is 9.43. The van der Waals surface area contributed by atoms with Crippen LogP contribution in [0.2, 0.25) is 0 Å². The van der Waals surface area contributed by atoms with Crippen LogP contribution in [0.25, 0.3) is 0 Å². The summed E-state index contributed by atoms with van der Waals surface area (Å²) < 4.78 is 18.3. The maximum Gasteiger partial charge on any atom is 0.305 e. The van der Waals surface area contributed by atoms with E-state index in [2.05, 4.69) is 0 Å². The number of nitrogens with zero attached hydrogens (tertiary/aromatic N) is 1. The van der Waals surface area contributed by atoms with Crippen molar-refractivity contribution in [3.63, 3.8) is 0 Å². The molecule has 0 aliphatic heterocycles. The molecule has 0 heterocycles. The molecule has 0 saturated heterocycles. The second-order valence-electron chi connectivity index (χ2n) is 4.43. The fourth-order valence-electron chi connectivity index (χ4n) is 1.70. The minimum Gasteiger partial charge on any atom is -0.494 e. The number of rotatable bonds is 7. The molecule has 0 radical (unpaired) electrons. The van der Waals surface area contributed by atoms with E-state index in [1.165, 1.54) is 24.1 Å². The lowest BCUT2D eigenvalue weighted by molar-refractivity contribution is -0.138. The molecule has 5 nitrogen and oxygen atoms in total. The number of halogens is 1. The number of aliphatic carboxylic acids is 1. The summed E-state index contributed by atoms with van der Waals surface area (Å²) in [4.78, 5) is 23.5. The summed E-state index contributed by atoms with van der Waals surface area (Å²) in [6, 6.07) is 4.55. The number of benzene rings is 1. The third kappa shape index (κ3) is 4.87. The van der Waals surface area contributed by atoms with Crippen molar-refractivity contribution < 1.29 is 23.8 Å². The minimum atomic E-state index is -0.943. The third-order valence-electron chi connectivity index (χ3n) is 2.93. The Morgan fingerprint density at radius 2 is 2.05 bits per heavy atom. The van der Waals surface area contributed by atoms with Crippen molar-refractivity contribution in [1.82, 2.24) is 4.90 Å². The van der Waals surface area contributed by atoms with E-state index in [0.29, 0.717) is 12.0 Å². The Balaban J connectivity index is 2.48. The Hall–Kier alpha value is -2.11. The van der Waals surface area contributed by atoms with E-state index in [9.17, 15) is 14.0 Å². The van der Waals surface area contributed by atoms with Crippen LogP contribution in [-0.4, -0.2) is 42.6 Å². The molecule has 1 amide bonds. The fourth-order valence-corrected chi connectivity index (χ4v) is 1.70. The number of ether oxygens (including phenoxy) is 1. The van der Waals surface area contributed by atoms with Crippen LogP contribution >= 0.6 is 0 Å². The fraction of sp³-hybridized carbons (Fsp3) is 0.429. The van der Waals surface area contributed by atoms with Crippen molar-refractivity contribution in [2.75, 3.05) is 20.7 Å². The van der Waals surface area contributed by atoms with Crippen molar-refractivity contribution in [1.29, 1.82) is 0 Å². The van der Waals surface area contributed by atoms with Crippen molar-refractivity contribution in [3.05, 3.63) is 29.6 Å². The van der Waals surface area contributed by atoms with E-state index < -0.39 is 11.8 Å². The van der Waals surface area contributed by atoms with Crippen LogP contribution in [0.15, 0.2) is 18.2 Å². The Labute approximate surface area is 117 Å². The quantitative estimate of drug-likeness (QED) is 0.827. The summed E-state index contributed by atoms with van der Waals surface area (Å²) in [7, 11) is 2.94. The lowest BCUT2D eigenvalue weighted by Crippen LogP contribution is -2.29. The third-order valence-corrected chi connectivity index (χ3v) is 2.93. The molecule has 0 aromatic heterocycles. The molecule has 0 spiro atoms. The molecule has 0 aliphatic rings. The predicted octanol–water partition coefficient (Wildman–Crippen LogP) is 1.70. The highest BCUT2D eigenvalue weighted by atomic mass is 19.1. The largest absolute Gasteiger partial charge is 0.494 e. The second-order valence-corrected chi connectivity index (χ2v) is 4.43. The van der Waals surface area contributed by atoms with Gasteiger partial charge in [0.25, 0.3) is 0 Å². The molecule has 1 N–H and O–H groups in total. The number of carboxylic acids is 1. The molecule has 1 aromatic rings. The number of carbonyl (C=O) groups excluding carboxylic acids is 1. The molecule has 20 heavy (non-hydrogen) atoms. The van der Waals surface area contributed by atoms with E-state index in [-0.39, 0.29) is 31.0 Å². The van der Waals surface area contributed by atoms with Crippen LogP contribution in [0.1, 0.15) is 18.4 Å². The monoisotopic (exact) mass is 283 g/mol. The number of methoxy groups -OCH3 is 1. The summed E-state index contributed by atoms with van der Waals surface area (Å²) in [6.45, 7) is 0.172. The normalized spacial score (nSPS) is 10.2. The molecule has 0 unspecified atom stereocenters. The highest BCUT2D eigenvalue weighted by Gasteiger charge is 2.11. The van der Waals surface area contributed by atoms with Gasteiger partial charge in [0.1, 0.15) is 0 Å². The Morgan fingerprint density at radius 3 is 2.60 bits per heavy atom. The molecule has 110 valence electrons. The van der Waals surface area contributed by atoms with E-state index in [1.54, 1.807) is 13.1 Å². The number of aryl methyl sites for hydroxylation is 1. The standard InChI is InChI=1S/C14H18FNO4/c1-16(8-7-14(18)19)13(17)6-4-10-3-5-12(20-2)11(15)9-10/h3,5,9H,4,6-8H2,1-2H3,(H,18,19). The number of carbonyl (C=O) groups is 2. The summed E-state index contributed by atoms with van der Waals surface area (Å²) >= 11 is 0. The van der Waals surface area contributed by atoms with E-state index in [4.69, 9.17) is 9.84 Å². The van der Waals surface area contributed by atoms with Gasteiger partial charge in [0.05, 0.1) is 13.5 Å². The zero-order valence-corrected chi connectivity index (χ0v) is 11.6. The summed E-state index contributed by atoms with van der Waals surface area (Å²) in [5.74, 6) is -1.40. The predicted molar refractivity (Wildman–Crippen MR) is 71.2 cm³/mol. The first kappa shape index (κ1) is 15.9. The average molecular weight is 283 g/mol. The molecule has 0 aliphatic carbocycles. The molecule has 1 aromatic carbocycles. The van der Waals surface area contributed by atoms with Crippen molar-refractivity contribution >= 4 is 11.9 Å². The van der Waals surface area contributed by atoms with Gasteiger partial charge in [-0.3, -0.25) is 9.59 Å². The Kier molecular flexibility index (Phi) is 5.96. The van der Waals surface area contributed by atoms with Gasteiger partial charge in [-0.1, -0.05) is 6.07 Å². The van der Waals surface area contributed by atoms with E-state index >= 15 is 0 Å². The van der Waals surface area contributed by atoms with Crippen LogP contribution < -0.4 is 4.74 Å². The van der Waals surface area contributed by atoms with Gasteiger partial charge >= 0.3 is 5.97 Å². The van der Waals surface area contributed by atoms with Gasteiger partial charge in [0.15, 0.2) is 11.6 Å².